The van der Waals surface area contributed by atoms with Crippen molar-refractivity contribution >= 4 is 17.6 Å². The van der Waals surface area contributed by atoms with Crippen molar-refractivity contribution in [2.75, 3.05) is 7.11 Å². The Bertz CT molecular complexity index is 550. The molecule has 8 nitrogen and oxygen atoms in total. The monoisotopic (exact) mass is 255 g/mol. The van der Waals surface area contributed by atoms with Gasteiger partial charge in [-0.1, -0.05) is 0 Å². The molecule has 1 aromatic rings. The molecule has 0 aliphatic heterocycles. The third-order valence-electron chi connectivity index (χ3n) is 2.28. The molecular formula is C10H9NO7. The van der Waals surface area contributed by atoms with Crippen LogP contribution in [0.5, 0.6) is 5.75 Å². The van der Waals surface area contributed by atoms with Crippen molar-refractivity contribution in [3.8, 4) is 5.75 Å². The van der Waals surface area contributed by atoms with Crippen molar-refractivity contribution < 1.29 is 29.5 Å². The molecule has 0 atom stereocenters. The molecule has 0 spiro atoms. The van der Waals surface area contributed by atoms with Crippen LogP contribution in [0.2, 0.25) is 0 Å². The number of nitro benzene ring substituents is 1. The van der Waals surface area contributed by atoms with Gasteiger partial charge >= 0.3 is 17.6 Å². The van der Waals surface area contributed by atoms with Crippen LogP contribution in [0.3, 0.4) is 0 Å². The maximum absolute atomic E-state index is 11.0. The smallest absolute Gasteiger partial charge is 0.340 e. The average Bonchev–Trinajstić information content (AvgIpc) is 2.25. The highest BCUT2D eigenvalue weighted by Gasteiger charge is 2.31. The first-order valence-corrected chi connectivity index (χ1v) is 4.63. The number of carbonyl (C=O) groups is 2. The molecule has 1 rings (SSSR count). The fourth-order valence-electron chi connectivity index (χ4n) is 1.58. The van der Waals surface area contributed by atoms with E-state index >= 15 is 0 Å². The zero-order valence-electron chi connectivity index (χ0n) is 9.46. The van der Waals surface area contributed by atoms with E-state index in [4.69, 9.17) is 10.2 Å². The fraction of sp³-hybridized carbons (Fsp3) is 0.200. The number of carboxylic acids is 2. The number of nitrogens with zero attached hydrogens (tertiary/aromatic N) is 1. The lowest BCUT2D eigenvalue weighted by molar-refractivity contribution is -0.386. The van der Waals surface area contributed by atoms with Gasteiger partial charge in [0, 0.05) is 5.56 Å². The van der Waals surface area contributed by atoms with Gasteiger partial charge in [0.1, 0.15) is 5.56 Å². The van der Waals surface area contributed by atoms with E-state index in [2.05, 4.69) is 4.74 Å². The highest BCUT2D eigenvalue weighted by atomic mass is 16.6. The third-order valence-corrected chi connectivity index (χ3v) is 2.28. The molecule has 2 N–H and O–H groups in total. The summed E-state index contributed by atoms with van der Waals surface area (Å²) in [5, 5.41) is 28.7. The number of aryl methyl sites for hydroxylation is 1. The third kappa shape index (κ3) is 2.08. The van der Waals surface area contributed by atoms with Crippen LogP contribution in [0, 0.1) is 17.0 Å². The second-order valence-corrected chi connectivity index (χ2v) is 3.37. The summed E-state index contributed by atoms with van der Waals surface area (Å²) < 4.78 is 4.68. The Morgan fingerprint density at radius 3 is 2.22 bits per heavy atom. The lowest BCUT2D eigenvalue weighted by Gasteiger charge is -2.10. The summed E-state index contributed by atoms with van der Waals surface area (Å²) in [5.74, 6) is -3.67. The highest BCUT2D eigenvalue weighted by Crippen LogP contribution is 2.36. The minimum Gasteiger partial charge on any atom is -0.490 e. The van der Waals surface area contributed by atoms with E-state index in [1.807, 2.05) is 0 Å². The van der Waals surface area contributed by atoms with Crippen LogP contribution >= 0.6 is 0 Å². The van der Waals surface area contributed by atoms with E-state index in [0.717, 1.165) is 13.2 Å². The predicted molar refractivity (Wildman–Crippen MR) is 58.3 cm³/mol. The molecule has 0 aromatic heterocycles. The lowest BCUT2D eigenvalue weighted by Crippen LogP contribution is -2.12. The molecule has 0 unspecified atom stereocenters. The van der Waals surface area contributed by atoms with Crippen molar-refractivity contribution in [3.05, 3.63) is 32.9 Å². The average molecular weight is 255 g/mol. The second-order valence-electron chi connectivity index (χ2n) is 3.37. The van der Waals surface area contributed by atoms with Crippen LogP contribution in [-0.4, -0.2) is 34.2 Å². The molecule has 0 bridgehead atoms. The molecule has 0 aliphatic carbocycles. The van der Waals surface area contributed by atoms with E-state index in [0.29, 0.717) is 0 Å². The zero-order valence-corrected chi connectivity index (χ0v) is 9.46. The van der Waals surface area contributed by atoms with Gasteiger partial charge in [-0.25, -0.2) is 9.59 Å². The van der Waals surface area contributed by atoms with E-state index in [1.54, 1.807) is 0 Å². The summed E-state index contributed by atoms with van der Waals surface area (Å²) in [6.07, 6.45) is 0. The Hall–Kier alpha value is -2.64. The molecule has 18 heavy (non-hydrogen) atoms. The summed E-state index contributed by atoms with van der Waals surface area (Å²) in [6, 6.07) is 0.937. The maximum Gasteiger partial charge on any atom is 0.340 e. The number of rotatable bonds is 4. The standard InChI is InChI=1S/C10H9NO7/c1-4-3-5(9(12)13)6(10(14)15)8(18-2)7(4)11(16)17/h3H,1-2H3,(H,12,13)(H,14,15). The minimum atomic E-state index is -1.60. The zero-order chi connectivity index (χ0) is 14.0. The van der Waals surface area contributed by atoms with Crippen molar-refractivity contribution in [2.24, 2.45) is 0 Å². The Morgan fingerprint density at radius 2 is 1.89 bits per heavy atom. The Kier molecular flexibility index (Phi) is 3.50. The van der Waals surface area contributed by atoms with Gasteiger partial charge in [0.25, 0.3) is 0 Å². The van der Waals surface area contributed by atoms with Crippen molar-refractivity contribution in [1.29, 1.82) is 0 Å². The second kappa shape index (κ2) is 4.70. The summed E-state index contributed by atoms with van der Waals surface area (Å²) in [5.41, 5.74) is -1.83. The Morgan fingerprint density at radius 1 is 1.33 bits per heavy atom. The first-order valence-electron chi connectivity index (χ1n) is 4.63. The molecule has 0 fully saturated rings. The fourth-order valence-corrected chi connectivity index (χ4v) is 1.58. The highest BCUT2D eigenvalue weighted by molar-refractivity contribution is 6.05. The van der Waals surface area contributed by atoms with Crippen LogP contribution in [0.1, 0.15) is 26.3 Å². The summed E-state index contributed by atoms with van der Waals surface area (Å²) in [6.45, 7) is 1.30. The summed E-state index contributed by atoms with van der Waals surface area (Å²) in [7, 11) is 1.04. The van der Waals surface area contributed by atoms with Gasteiger partial charge in [-0.3, -0.25) is 10.1 Å². The van der Waals surface area contributed by atoms with Crippen LogP contribution in [0.25, 0.3) is 0 Å². The van der Waals surface area contributed by atoms with Gasteiger partial charge in [0.2, 0.25) is 5.75 Å². The normalized spacial score (nSPS) is 9.89. The van der Waals surface area contributed by atoms with Crippen LogP contribution in [-0.2, 0) is 0 Å². The van der Waals surface area contributed by atoms with Crippen LogP contribution < -0.4 is 4.74 Å². The van der Waals surface area contributed by atoms with E-state index in [-0.39, 0.29) is 5.56 Å². The molecule has 1 aromatic carbocycles. The van der Waals surface area contributed by atoms with Crippen molar-refractivity contribution in [3.63, 3.8) is 0 Å². The number of methoxy groups -OCH3 is 1. The Balaban J connectivity index is 3.83. The van der Waals surface area contributed by atoms with Crippen LogP contribution in [0.4, 0.5) is 5.69 Å². The number of aromatic carboxylic acids is 2. The number of hydrogen-bond donors (Lipinski definition) is 2. The lowest BCUT2D eigenvalue weighted by atomic mass is 10.0. The summed E-state index contributed by atoms with van der Waals surface area (Å²) >= 11 is 0. The quantitative estimate of drug-likeness (QED) is 0.613. The largest absolute Gasteiger partial charge is 0.490 e. The number of carboxylic acid groups (broad SMARTS) is 2. The molecule has 0 radical (unpaired) electrons. The molecule has 0 saturated heterocycles. The maximum atomic E-state index is 11.0. The number of ether oxygens (including phenoxy) is 1. The van der Waals surface area contributed by atoms with Gasteiger partial charge in [-0.05, 0) is 13.0 Å². The van der Waals surface area contributed by atoms with Gasteiger partial charge in [-0.2, -0.15) is 0 Å². The molecule has 8 heteroatoms. The first kappa shape index (κ1) is 13.4. The number of benzene rings is 1. The minimum absolute atomic E-state index is 0.0132. The SMILES string of the molecule is COc1c(C(=O)O)c(C(=O)O)cc(C)c1[N+](=O)[O-]. The predicted octanol–water partition coefficient (Wildman–Crippen LogP) is 1.31. The van der Waals surface area contributed by atoms with Gasteiger partial charge in [-0.15, -0.1) is 0 Å². The molecule has 0 heterocycles. The number of hydrogen-bond acceptors (Lipinski definition) is 5. The summed E-state index contributed by atoms with van der Waals surface area (Å²) in [4.78, 5) is 32.0. The molecule has 0 aliphatic rings. The van der Waals surface area contributed by atoms with Crippen molar-refractivity contribution in [2.45, 2.75) is 6.92 Å². The van der Waals surface area contributed by atoms with Gasteiger partial charge in [0.05, 0.1) is 17.6 Å². The van der Waals surface area contributed by atoms with E-state index in [9.17, 15) is 19.7 Å². The molecular weight excluding hydrogens is 246 g/mol. The van der Waals surface area contributed by atoms with Crippen LogP contribution in [0.15, 0.2) is 6.07 Å². The Labute approximate surface area is 101 Å². The van der Waals surface area contributed by atoms with Crippen molar-refractivity contribution in [1.82, 2.24) is 0 Å². The number of nitro groups is 1. The molecule has 0 amide bonds. The van der Waals surface area contributed by atoms with E-state index in [1.165, 1.54) is 6.92 Å². The van der Waals surface area contributed by atoms with E-state index < -0.39 is 39.4 Å². The van der Waals surface area contributed by atoms with Gasteiger partial charge < -0.3 is 14.9 Å². The first-order chi connectivity index (χ1) is 8.31. The molecule has 96 valence electrons. The topological polar surface area (TPSA) is 127 Å². The molecule has 0 saturated carbocycles. The van der Waals surface area contributed by atoms with Gasteiger partial charge in [0.15, 0.2) is 0 Å².